The Labute approximate surface area is 135 Å². The summed E-state index contributed by atoms with van der Waals surface area (Å²) < 4.78 is 11.1. The summed E-state index contributed by atoms with van der Waals surface area (Å²) in [6, 6.07) is 7.03. The zero-order valence-corrected chi connectivity index (χ0v) is 13.3. The van der Waals surface area contributed by atoms with E-state index in [1.807, 2.05) is 0 Å². The molecule has 1 fully saturated rings. The molecule has 0 atom stereocenters. The summed E-state index contributed by atoms with van der Waals surface area (Å²) in [4.78, 5) is 24.4. The predicted molar refractivity (Wildman–Crippen MR) is 86.3 cm³/mol. The van der Waals surface area contributed by atoms with Crippen LogP contribution in [-0.2, 0) is 14.3 Å². The van der Waals surface area contributed by atoms with Gasteiger partial charge in [0.05, 0.1) is 25.5 Å². The maximum atomic E-state index is 11.6. The molecule has 3 rings (SSSR count). The number of imide groups is 1. The highest BCUT2D eigenvalue weighted by molar-refractivity contribution is 6.28. The summed E-state index contributed by atoms with van der Waals surface area (Å²) in [6.45, 7) is 4.59. The van der Waals surface area contributed by atoms with Gasteiger partial charge in [-0.1, -0.05) is 6.92 Å². The van der Waals surface area contributed by atoms with Gasteiger partial charge in [-0.15, -0.1) is 0 Å². The van der Waals surface area contributed by atoms with Crippen LogP contribution >= 0.6 is 0 Å². The average Bonchev–Trinajstić information content (AvgIpc) is 2.86. The van der Waals surface area contributed by atoms with Crippen molar-refractivity contribution in [3.05, 3.63) is 36.4 Å². The lowest BCUT2D eigenvalue weighted by molar-refractivity contribution is -0.120. The van der Waals surface area contributed by atoms with Crippen molar-refractivity contribution in [2.75, 3.05) is 24.7 Å². The van der Waals surface area contributed by atoms with E-state index in [2.05, 4.69) is 6.92 Å². The maximum absolute atomic E-state index is 11.6. The first kappa shape index (κ1) is 15.7. The third kappa shape index (κ3) is 3.29. The Kier molecular flexibility index (Phi) is 4.48. The number of benzene rings is 1. The quantitative estimate of drug-likeness (QED) is 0.573. The van der Waals surface area contributed by atoms with E-state index in [1.165, 1.54) is 12.2 Å². The minimum atomic E-state index is -0.309. The minimum Gasteiger partial charge on any atom is -0.494 e. The Morgan fingerprint density at radius 2 is 1.78 bits per heavy atom. The average molecular weight is 315 g/mol. The molecule has 2 heterocycles. The van der Waals surface area contributed by atoms with Crippen LogP contribution in [0.2, 0.25) is 0 Å². The maximum Gasteiger partial charge on any atom is 0.258 e. The number of amides is 2. The van der Waals surface area contributed by atoms with Crippen LogP contribution in [-0.4, -0.2) is 31.6 Å². The van der Waals surface area contributed by atoms with Gasteiger partial charge >= 0.3 is 0 Å². The normalized spacial score (nSPS) is 19.1. The predicted octanol–water partition coefficient (Wildman–Crippen LogP) is 2.70. The van der Waals surface area contributed by atoms with Gasteiger partial charge in [-0.25, -0.2) is 4.90 Å². The largest absolute Gasteiger partial charge is 0.494 e. The lowest BCUT2D eigenvalue weighted by Crippen LogP contribution is -2.42. The van der Waals surface area contributed by atoms with E-state index in [4.69, 9.17) is 9.47 Å². The summed E-state index contributed by atoms with van der Waals surface area (Å²) in [6.07, 6.45) is 5.81. The number of carbonyl (C=O) groups excluding carboxylic acids is 2. The van der Waals surface area contributed by atoms with Gasteiger partial charge in [-0.3, -0.25) is 9.59 Å². The van der Waals surface area contributed by atoms with Gasteiger partial charge in [0.1, 0.15) is 5.75 Å². The molecular formula is C18H21NO4. The molecule has 2 amide bonds. The summed E-state index contributed by atoms with van der Waals surface area (Å²) in [5.74, 6) is 0.128. The van der Waals surface area contributed by atoms with E-state index in [0.717, 1.165) is 43.1 Å². The third-order valence-electron chi connectivity index (χ3n) is 4.59. The Balaban J connectivity index is 1.48. The molecule has 0 aliphatic carbocycles. The zero-order chi connectivity index (χ0) is 16.3. The lowest BCUT2D eigenvalue weighted by atomic mass is 9.79. The Bertz CT molecular complexity index is 593. The monoisotopic (exact) mass is 315 g/mol. The van der Waals surface area contributed by atoms with Crippen LogP contribution in [0.25, 0.3) is 0 Å². The van der Waals surface area contributed by atoms with Crippen molar-refractivity contribution in [2.45, 2.75) is 26.2 Å². The number of anilines is 1. The molecule has 1 aromatic rings. The first-order valence-corrected chi connectivity index (χ1v) is 8.00. The fourth-order valence-electron chi connectivity index (χ4n) is 2.90. The molecule has 1 saturated heterocycles. The number of nitrogens with zero attached hydrogens (tertiary/aromatic N) is 1. The number of hydrogen-bond acceptors (Lipinski definition) is 4. The second-order valence-corrected chi connectivity index (χ2v) is 6.14. The molecule has 1 aromatic carbocycles. The number of carbonyl (C=O) groups is 2. The molecule has 0 N–H and O–H groups in total. The lowest BCUT2D eigenvalue weighted by Gasteiger charge is -2.41. The highest BCUT2D eigenvalue weighted by Gasteiger charge is 2.35. The van der Waals surface area contributed by atoms with Crippen LogP contribution in [0, 0.1) is 5.41 Å². The van der Waals surface area contributed by atoms with Crippen LogP contribution in [0.15, 0.2) is 36.4 Å². The van der Waals surface area contributed by atoms with E-state index in [9.17, 15) is 9.59 Å². The number of ether oxygens (including phenoxy) is 2. The summed E-state index contributed by atoms with van der Waals surface area (Å²) in [7, 11) is 0. The van der Waals surface area contributed by atoms with Crippen LogP contribution in [0.4, 0.5) is 5.69 Å². The highest BCUT2D eigenvalue weighted by Crippen LogP contribution is 2.36. The smallest absolute Gasteiger partial charge is 0.258 e. The first-order chi connectivity index (χ1) is 11.1. The molecule has 122 valence electrons. The topological polar surface area (TPSA) is 55.8 Å². The van der Waals surface area contributed by atoms with Crippen molar-refractivity contribution < 1.29 is 19.1 Å². The minimum absolute atomic E-state index is 0.309. The molecule has 5 heteroatoms. The van der Waals surface area contributed by atoms with Crippen LogP contribution < -0.4 is 9.64 Å². The van der Waals surface area contributed by atoms with E-state index in [-0.39, 0.29) is 11.8 Å². The Hall–Kier alpha value is -2.14. The molecule has 0 unspecified atom stereocenters. The summed E-state index contributed by atoms with van der Waals surface area (Å²) in [5, 5.41) is 0. The van der Waals surface area contributed by atoms with Gasteiger partial charge in [-0.05, 0) is 43.5 Å². The van der Waals surface area contributed by atoms with E-state index < -0.39 is 0 Å². The number of rotatable bonds is 7. The zero-order valence-electron chi connectivity index (χ0n) is 13.3. The number of hydrogen-bond donors (Lipinski definition) is 0. The van der Waals surface area contributed by atoms with Gasteiger partial charge in [0.15, 0.2) is 0 Å². The Morgan fingerprint density at radius 1 is 1.13 bits per heavy atom. The SMILES string of the molecule is CCC1(CCCOc2ccc(N3C(=O)C=CC3=O)cc2)COC1. The van der Waals surface area contributed by atoms with Gasteiger partial charge in [0.2, 0.25) is 0 Å². The van der Waals surface area contributed by atoms with Gasteiger partial charge in [0, 0.05) is 17.6 Å². The highest BCUT2D eigenvalue weighted by atomic mass is 16.5. The van der Waals surface area contributed by atoms with Crippen molar-refractivity contribution in [1.82, 2.24) is 0 Å². The van der Waals surface area contributed by atoms with Crippen molar-refractivity contribution in [1.29, 1.82) is 0 Å². The third-order valence-corrected chi connectivity index (χ3v) is 4.59. The van der Waals surface area contributed by atoms with Gasteiger partial charge in [0.25, 0.3) is 11.8 Å². The first-order valence-electron chi connectivity index (χ1n) is 8.00. The molecule has 0 saturated carbocycles. The molecule has 2 aliphatic heterocycles. The van der Waals surface area contributed by atoms with Crippen molar-refractivity contribution in [3.8, 4) is 5.75 Å². The summed E-state index contributed by atoms with van der Waals surface area (Å²) >= 11 is 0. The van der Waals surface area contributed by atoms with Crippen LogP contribution in [0.3, 0.4) is 0 Å². The molecule has 0 radical (unpaired) electrons. The molecule has 5 nitrogen and oxygen atoms in total. The van der Waals surface area contributed by atoms with E-state index in [0.29, 0.717) is 17.7 Å². The van der Waals surface area contributed by atoms with Crippen molar-refractivity contribution in [2.24, 2.45) is 5.41 Å². The molecule has 2 aliphatic rings. The van der Waals surface area contributed by atoms with Crippen LogP contribution in [0.1, 0.15) is 26.2 Å². The van der Waals surface area contributed by atoms with Gasteiger partial charge in [-0.2, -0.15) is 0 Å². The fourth-order valence-corrected chi connectivity index (χ4v) is 2.90. The van der Waals surface area contributed by atoms with E-state index in [1.54, 1.807) is 24.3 Å². The fraction of sp³-hybridized carbons (Fsp3) is 0.444. The van der Waals surface area contributed by atoms with Crippen LogP contribution in [0.5, 0.6) is 5.75 Å². The molecule has 23 heavy (non-hydrogen) atoms. The molecule has 0 bridgehead atoms. The van der Waals surface area contributed by atoms with Crippen molar-refractivity contribution >= 4 is 17.5 Å². The molecule has 0 aromatic heterocycles. The summed E-state index contributed by atoms with van der Waals surface area (Å²) in [5.41, 5.74) is 0.922. The molecule has 0 spiro atoms. The second-order valence-electron chi connectivity index (χ2n) is 6.14. The molecular weight excluding hydrogens is 294 g/mol. The second kappa shape index (κ2) is 6.54. The van der Waals surface area contributed by atoms with Crippen molar-refractivity contribution in [3.63, 3.8) is 0 Å². The standard InChI is InChI=1S/C18H21NO4/c1-2-18(12-22-13-18)10-3-11-23-15-6-4-14(5-7-15)19-16(20)8-9-17(19)21/h4-9H,2-3,10-13H2,1H3. The Morgan fingerprint density at radius 3 is 2.30 bits per heavy atom. The van der Waals surface area contributed by atoms with Gasteiger partial charge < -0.3 is 9.47 Å². The van der Waals surface area contributed by atoms with E-state index >= 15 is 0 Å².